The van der Waals surface area contributed by atoms with Gasteiger partial charge in [0.05, 0.1) is 6.20 Å². The van der Waals surface area contributed by atoms with Crippen molar-refractivity contribution < 1.29 is 9.21 Å². The maximum absolute atomic E-state index is 11.9. The number of nitrogens with one attached hydrogen (secondary N) is 1. The van der Waals surface area contributed by atoms with Crippen LogP contribution in [-0.2, 0) is 4.79 Å². The highest BCUT2D eigenvalue weighted by Gasteiger charge is 2.30. The standard InChI is InChI=1S/C15H15N5O2/c1-8-3-6-11(22-8)13-14-16-9(2)19-20(14)7-12(17-13)18-15(21)10-4-5-10/h3,6-7,10H,4-5H2,1-2H3,(H,18,21). The Balaban J connectivity index is 1.83. The average Bonchev–Trinajstić information content (AvgIpc) is 3.13. The van der Waals surface area contributed by atoms with Crippen molar-refractivity contribution in [3.63, 3.8) is 0 Å². The first-order chi connectivity index (χ1) is 10.6. The SMILES string of the molecule is Cc1nc2c(-c3ccc(C)o3)nc(NC(=O)C3CC3)cn2n1. The van der Waals surface area contributed by atoms with Crippen molar-refractivity contribution in [2.75, 3.05) is 5.32 Å². The lowest BCUT2D eigenvalue weighted by Gasteiger charge is -2.06. The minimum atomic E-state index is 0.00487. The van der Waals surface area contributed by atoms with Crippen molar-refractivity contribution in [2.24, 2.45) is 5.92 Å². The Morgan fingerprint density at radius 2 is 2.14 bits per heavy atom. The molecule has 3 aromatic rings. The van der Waals surface area contributed by atoms with Crippen molar-refractivity contribution in [3.05, 3.63) is 29.9 Å². The number of amides is 1. The molecule has 1 fully saturated rings. The monoisotopic (exact) mass is 297 g/mol. The number of furan rings is 1. The van der Waals surface area contributed by atoms with E-state index in [0.717, 1.165) is 18.6 Å². The third-order valence-corrected chi connectivity index (χ3v) is 3.60. The van der Waals surface area contributed by atoms with Crippen LogP contribution in [0.2, 0.25) is 0 Å². The second-order valence-electron chi connectivity index (χ2n) is 5.58. The van der Waals surface area contributed by atoms with E-state index >= 15 is 0 Å². The predicted octanol–water partition coefficient (Wildman–Crippen LogP) is 2.35. The molecule has 4 rings (SSSR count). The number of carbonyl (C=O) groups is 1. The van der Waals surface area contributed by atoms with E-state index in [1.165, 1.54) is 0 Å². The van der Waals surface area contributed by atoms with Gasteiger partial charge in [0.2, 0.25) is 5.91 Å². The second kappa shape index (κ2) is 4.66. The van der Waals surface area contributed by atoms with Gasteiger partial charge < -0.3 is 9.73 Å². The zero-order valence-electron chi connectivity index (χ0n) is 12.3. The average molecular weight is 297 g/mol. The zero-order chi connectivity index (χ0) is 15.3. The molecule has 0 unspecified atom stereocenters. The van der Waals surface area contributed by atoms with Gasteiger partial charge in [0.25, 0.3) is 0 Å². The molecule has 3 heterocycles. The van der Waals surface area contributed by atoms with Crippen molar-refractivity contribution >= 4 is 17.4 Å². The molecule has 0 radical (unpaired) electrons. The van der Waals surface area contributed by atoms with Crippen molar-refractivity contribution in [1.29, 1.82) is 0 Å². The van der Waals surface area contributed by atoms with Crippen LogP contribution in [0.5, 0.6) is 0 Å². The molecule has 1 aliphatic carbocycles. The molecule has 0 bridgehead atoms. The molecule has 1 saturated carbocycles. The van der Waals surface area contributed by atoms with E-state index < -0.39 is 0 Å². The first-order valence-corrected chi connectivity index (χ1v) is 7.22. The molecule has 1 amide bonds. The van der Waals surface area contributed by atoms with Gasteiger partial charge in [-0.05, 0) is 38.8 Å². The summed E-state index contributed by atoms with van der Waals surface area (Å²) in [5.41, 5.74) is 1.18. The molecule has 7 heteroatoms. The van der Waals surface area contributed by atoms with Gasteiger partial charge in [0, 0.05) is 5.92 Å². The van der Waals surface area contributed by atoms with E-state index in [9.17, 15) is 4.79 Å². The highest BCUT2D eigenvalue weighted by atomic mass is 16.3. The highest BCUT2D eigenvalue weighted by Crippen LogP contribution is 2.31. The van der Waals surface area contributed by atoms with Crippen LogP contribution in [0.4, 0.5) is 5.82 Å². The number of carbonyl (C=O) groups excluding carboxylic acids is 1. The lowest BCUT2D eigenvalue weighted by Crippen LogP contribution is -2.15. The Hall–Kier alpha value is -2.70. The van der Waals surface area contributed by atoms with Crippen LogP contribution in [0.1, 0.15) is 24.4 Å². The smallest absolute Gasteiger partial charge is 0.228 e. The van der Waals surface area contributed by atoms with Crippen LogP contribution in [0, 0.1) is 19.8 Å². The fourth-order valence-electron chi connectivity index (χ4n) is 2.36. The molecule has 1 aliphatic rings. The van der Waals surface area contributed by atoms with E-state index in [-0.39, 0.29) is 11.8 Å². The van der Waals surface area contributed by atoms with Gasteiger partial charge in [0.15, 0.2) is 22.9 Å². The number of nitrogens with zero attached hydrogens (tertiary/aromatic N) is 4. The van der Waals surface area contributed by atoms with Crippen molar-refractivity contribution in [1.82, 2.24) is 19.6 Å². The van der Waals surface area contributed by atoms with Gasteiger partial charge in [-0.3, -0.25) is 4.79 Å². The minimum absolute atomic E-state index is 0.00487. The third-order valence-electron chi connectivity index (χ3n) is 3.60. The van der Waals surface area contributed by atoms with Gasteiger partial charge in [-0.1, -0.05) is 0 Å². The molecule has 0 saturated heterocycles. The number of hydrogen-bond acceptors (Lipinski definition) is 5. The van der Waals surface area contributed by atoms with Gasteiger partial charge in [0.1, 0.15) is 11.6 Å². The maximum atomic E-state index is 11.9. The summed E-state index contributed by atoms with van der Waals surface area (Å²) in [7, 11) is 0. The number of hydrogen-bond donors (Lipinski definition) is 1. The summed E-state index contributed by atoms with van der Waals surface area (Å²) in [6, 6.07) is 3.71. The lowest BCUT2D eigenvalue weighted by molar-refractivity contribution is -0.117. The molecular weight excluding hydrogens is 282 g/mol. The Morgan fingerprint density at radius 1 is 1.32 bits per heavy atom. The summed E-state index contributed by atoms with van der Waals surface area (Å²) in [6.45, 7) is 3.68. The molecule has 1 N–H and O–H groups in total. The second-order valence-corrected chi connectivity index (χ2v) is 5.58. The van der Waals surface area contributed by atoms with E-state index in [1.807, 2.05) is 26.0 Å². The number of anilines is 1. The summed E-state index contributed by atoms with van der Waals surface area (Å²) in [4.78, 5) is 20.8. The number of aryl methyl sites for hydroxylation is 2. The Labute approximate surface area is 126 Å². The van der Waals surface area contributed by atoms with E-state index in [1.54, 1.807) is 10.7 Å². The van der Waals surface area contributed by atoms with Crippen LogP contribution < -0.4 is 5.32 Å². The molecular formula is C15H15N5O2. The predicted molar refractivity (Wildman–Crippen MR) is 79.3 cm³/mol. The zero-order valence-corrected chi connectivity index (χ0v) is 12.3. The first kappa shape index (κ1) is 13.0. The highest BCUT2D eigenvalue weighted by molar-refractivity contribution is 5.93. The van der Waals surface area contributed by atoms with Gasteiger partial charge in [-0.15, -0.1) is 0 Å². The van der Waals surface area contributed by atoms with Crippen LogP contribution in [0.3, 0.4) is 0 Å². The summed E-state index contributed by atoms with van der Waals surface area (Å²) in [5, 5.41) is 7.15. The van der Waals surface area contributed by atoms with E-state index in [4.69, 9.17) is 4.42 Å². The number of rotatable bonds is 3. The molecule has 0 atom stereocenters. The Kier molecular flexibility index (Phi) is 2.75. The summed E-state index contributed by atoms with van der Waals surface area (Å²) in [6.07, 6.45) is 3.57. The summed E-state index contributed by atoms with van der Waals surface area (Å²) >= 11 is 0. The first-order valence-electron chi connectivity index (χ1n) is 7.22. The molecule has 0 aliphatic heterocycles. The Morgan fingerprint density at radius 3 is 2.82 bits per heavy atom. The summed E-state index contributed by atoms with van der Waals surface area (Å²) < 4.78 is 7.27. The molecule has 22 heavy (non-hydrogen) atoms. The van der Waals surface area contributed by atoms with Crippen LogP contribution in [0.15, 0.2) is 22.7 Å². The fraction of sp³-hybridized carbons (Fsp3) is 0.333. The largest absolute Gasteiger partial charge is 0.460 e. The molecule has 112 valence electrons. The third kappa shape index (κ3) is 2.24. The topological polar surface area (TPSA) is 85.3 Å². The van der Waals surface area contributed by atoms with Crippen molar-refractivity contribution in [2.45, 2.75) is 26.7 Å². The van der Waals surface area contributed by atoms with Crippen LogP contribution >= 0.6 is 0 Å². The van der Waals surface area contributed by atoms with Crippen molar-refractivity contribution in [3.8, 4) is 11.5 Å². The lowest BCUT2D eigenvalue weighted by atomic mass is 10.3. The van der Waals surface area contributed by atoms with E-state index in [2.05, 4.69) is 20.4 Å². The molecule has 0 aromatic carbocycles. The quantitative estimate of drug-likeness (QED) is 0.802. The van der Waals surface area contributed by atoms with Gasteiger partial charge in [-0.2, -0.15) is 5.10 Å². The van der Waals surface area contributed by atoms with Crippen LogP contribution in [-0.4, -0.2) is 25.5 Å². The van der Waals surface area contributed by atoms with E-state index in [0.29, 0.717) is 28.7 Å². The molecule has 7 nitrogen and oxygen atoms in total. The maximum Gasteiger partial charge on any atom is 0.228 e. The van der Waals surface area contributed by atoms with Gasteiger partial charge in [-0.25, -0.2) is 14.5 Å². The summed E-state index contributed by atoms with van der Waals surface area (Å²) in [5.74, 6) is 2.61. The van der Waals surface area contributed by atoms with Crippen LogP contribution in [0.25, 0.3) is 17.1 Å². The minimum Gasteiger partial charge on any atom is -0.460 e. The Bertz CT molecular complexity index is 875. The number of aromatic nitrogens is 4. The fourth-order valence-corrected chi connectivity index (χ4v) is 2.36. The molecule has 0 spiro atoms. The van der Waals surface area contributed by atoms with Gasteiger partial charge >= 0.3 is 0 Å². The number of fused-ring (bicyclic) bond motifs is 1. The normalized spacial score (nSPS) is 14.5. The molecule has 3 aromatic heterocycles.